The van der Waals surface area contributed by atoms with Gasteiger partial charge in [0.15, 0.2) is 0 Å². The summed E-state index contributed by atoms with van der Waals surface area (Å²) in [6.07, 6.45) is 3.54. The third-order valence-corrected chi connectivity index (χ3v) is 4.56. The second-order valence-electron chi connectivity index (χ2n) is 6.10. The van der Waals surface area contributed by atoms with Crippen LogP contribution in [0.15, 0.2) is 36.7 Å². The van der Waals surface area contributed by atoms with E-state index in [-0.39, 0.29) is 5.91 Å². The zero-order valence-electron chi connectivity index (χ0n) is 13.8. The number of aryl methyl sites for hydroxylation is 1. The molecule has 2 aromatic heterocycles. The summed E-state index contributed by atoms with van der Waals surface area (Å²) >= 11 is 0. The monoisotopic (exact) mass is 337 g/mol. The summed E-state index contributed by atoms with van der Waals surface area (Å²) in [4.78, 5) is 14.4. The summed E-state index contributed by atoms with van der Waals surface area (Å²) in [5.74, 6) is 0.134. The average molecular weight is 337 g/mol. The highest BCUT2D eigenvalue weighted by molar-refractivity contribution is 5.76. The molecule has 3 aromatic rings. The molecule has 0 saturated heterocycles. The Kier molecular flexibility index (Phi) is 4.24. The lowest BCUT2D eigenvalue weighted by atomic mass is 10.0. The number of fused-ring (bicyclic) bond motifs is 1. The van der Waals surface area contributed by atoms with Gasteiger partial charge in [0.05, 0.1) is 12.2 Å². The number of amides is 1. The molecule has 8 nitrogen and oxygen atoms in total. The summed E-state index contributed by atoms with van der Waals surface area (Å²) in [5.41, 5.74) is 4.47. The molecule has 1 amide bonds. The van der Waals surface area contributed by atoms with E-state index in [1.54, 1.807) is 4.68 Å². The number of nitrogens with zero attached hydrogens (tertiary/aromatic N) is 6. The molecule has 0 fully saturated rings. The fourth-order valence-corrected chi connectivity index (χ4v) is 3.22. The van der Waals surface area contributed by atoms with Crippen LogP contribution >= 0.6 is 0 Å². The van der Waals surface area contributed by atoms with E-state index in [4.69, 9.17) is 0 Å². The van der Waals surface area contributed by atoms with Crippen LogP contribution in [0.4, 0.5) is 0 Å². The van der Waals surface area contributed by atoms with E-state index in [0.29, 0.717) is 26.1 Å². The zero-order valence-corrected chi connectivity index (χ0v) is 13.8. The average Bonchev–Trinajstić information content (AvgIpc) is 3.26. The molecule has 0 bridgehead atoms. The number of benzene rings is 1. The summed E-state index contributed by atoms with van der Waals surface area (Å²) in [7, 11) is 0. The van der Waals surface area contributed by atoms with Crippen LogP contribution in [0, 0.1) is 0 Å². The zero-order chi connectivity index (χ0) is 17.1. The van der Waals surface area contributed by atoms with Gasteiger partial charge in [0, 0.05) is 42.8 Å². The standard InChI is InChI=1S/C17H19N7O/c25-16(8-11-24-12-18-21-22-24)23-9-6-14-15(7-10-23)19-20-17(14)13-4-2-1-3-5-13/h1-5,12H,6-11H2,(H,19,20). The van der Waals surface area contributed by atoms with E-state index in [2.05, 4.69) is 37.9 Å². The van der Waals surface area contributed by atoms with Gasteiger partial charge in [-0.15, -0.1) is 5.10 Å². The van der Waals surface area contributed by atoms with Gasteiger partial charge in [-0.3, -0.25) is 9.89 Å². The maximum atomic E-state index is 12.5. The minimum Gasteiger partial charge on any atom is -0.342 e. The number of tetrazole rings is 1. The number of rotatable bonds is 4. The fraction of sp³-hybridized carbons (Fsp3) is 0.353. The van der Waals surface area contributed by atoms with Gasteiger partial charge in [0.25, 0.3) is 0 Å². The molecule has 128 valence electrons. The highest BCUT2D eigenvalue weighted by Gasteiger charge is 2.22. The van der Waals surface area contributed by atoms with Crippen molar-refractivity contribution in [1.82, 2.24) is 35.3 Å². The van der Waals surface area contributed by atoms with Gasteiger partial charge in [-0.25, -0.2) is 4.68 Å². The van der Waals surface area contributed by atoms with E-state index in [0.717, 1.165) is 29.8 Å². The molecule has 25 heavy (non-hydrogen) atoms. The number of aromatic nitrogens is 6. The third-order valence-electron chi connectivity index (χ3n) is 4.56. The summed E-state index contributed by atoms with van der Waals surface area (Å²) in [6, 6.07) is 10.2. The maximum Gasteiger partial charge on any atom is 0.224 e. The van der Waals surface area contributed by atoms with E-state index in [9.17, 15) is 4.79 Å². The van der Waals surface area contributed by atoms with Gasteiger partial charge < -0.3 is 4.90 Å². The Labute approximate surface area is 144 Å². The number of nitrogens with one attached hydrogen (secondary N) is 1. The summed E-state index contributed by atoms with van der Waals surface area (Å²) in [5, 5.41) is 18.6. The molecular formula is C17H19N7O. The smallest absolute Gasteiger partial charge is 0.224 e. The molecule has 0 saturated carbocycles. The van der Waals surface area contributed by atoms with Gasteiger partial charge in [-0.1, -0.05) is 30.3 Å². The highest BCUT2D eigenvalue weighted by Crippen LogP contribution is 2.26. The molecule has 4 rings (SSSR count). The highest BCUT2D eigenvalue weighted by atomic mass is 16.2. The van der Waals surface area contributed by atoms with Crippen molar-refractivity contribution in [3.05, 3.63) is 47.9 Å². The van der Waals surface area contributed by atoms with Crippen molar-refractivity contribution in [2.75, 3.05) is 13.1 Å². The van der Waals surface area contributed by atoms with E-state index < -0.39 is 0 Å². The minimum atomic E-state index is 0.134. The van der Waals surface area contributed by atoms with Crippen LogP contribution < -0.4 is 0 Å². The maximum absolute atomic E-state index is 12.5. The van der Waals surface area contributed by atoms with Gasteiger partial charge in [0.1, 0.15) is 6.33 Å². The first kappa shape index (κ1) is 15.5. The van der Waals surface area contributed by atoms with Crippen LogP contribution in [0.3, 0.4) is 0 Å². The van der Waals surface area contributed by atoms with Crippen molar-refractivity contribution in [3.8, 4) is 11.3 Å². The Morgan fingerprint density at radius 2 is 2.00 bits per heavy atom. The van der Waals surface area contributed by atoms with Crippen LogP contribution in [0.2, 0.25) is 0 Å². The first-order valence-electron chi connectivity index (χ1n) is 8.41. The van der Waals surface area contributed by atoms with Gasteiger partial charge in [0.2, 0.25) is 5.91 Å². The molecule has 0 radical (unpaired) electrons. The molecule has 1 aliphatic heterocycles. The van der Waals surface area contributed by atoms with Crippen LogP contribution in [0.1, 0.15) is 17.7 Å². The van der Waals surface area contributed by atoms with E-state index in [1.807, 2.05) is 23.1 Å². The second-order valence-corrected chi connectivity index (χ2v) is 6.10. The Morgan fingerprint density at radius 1 is 1.16 bits per heavy atom. The number of hydrogen-bond donors (Lipinski definition) is 1. The molecule has 0 atom stereocenters. The largest absolute Gasteiger partial charge is 0.342 e. The first-order chi connectivity index (χ1) is 12.3. The SMILES string of the molecule is O=C(CCn1cnnn1)N1CCc2[nH]nc(-c3ccccc3)c2CC1. The normalized spacial score (nSPS) is 14.2. The molecular weight excluding hydrogens is 318 g/mol. The Balaban J connectivity index is 1.43. The molecule has 3 heterocycles. The number of carbonyl (C=O) groups is 1. The predicted molar refractivity (Wildman–Crippen MR) is 90.4 cm³/mol. The molecule has 0 aliphatic carbocycles. The van der Waals surface area contributed by atoms with E-state index >= 15 is 0 Å². The van der Waals surface area contributed by atoms with Crippen LogP contribution in [-0.4, -0.2) is 54.3 Å². The van der Waals surface area contributed by atoms with Gasteiger partial charge >= 0.3 is 0 Å². The number of aromatic amines is 1. The Hall–Kier alpha value is -3.03. The van der Waals surface area contributed by atoms with Crippen molar-refractivity contribution in [2.24, 2.45) is 0 Å². The summed E-state index contributed by atoms with van der Waals surface area (Å²) < 4.78 is 1.58. The predicted octanol–water partition coefficient (Wildman–Crippen LogP) is 1.08. The van der Waals surface area contributed by atoms with Gasteiger partial charge in [-0.05, 0) is 16.8 Å². The molecule has 1 N–H and O–H groups in total. The fourth-order valence-electron chi connectivity index (χ4n) is 3.22. The van der Waals surface area contributed by atoms with Crippen molar-refractivity contribution >= 4 is 5.91 Å². The number of H-pyrrole nitrogens is 1. The number of carbonyl (C=O) groups excluding carboxylic acids is 1. The van der Waals surface area contributed by atoms with Crippen molar-refractivity contribution in [2.45, 2.75) is 25.8 Å². The molecule has 0 unspecified atom stereocenters. The summed E-state index contributed by atoms with van der Waals surface area (Å²) in [6.45, 7) is 1.92. The van der Waals surface area contributed by atoms with Gasteiger partial charge in [-0.2, -0.15) is 5.10 Å². The lowest BCUT2D eigenvalue weighted by Gasteiger charge is -2.20. The molecule has 1 aromatic carbocycles. The number of hydrogen-bond acceptors (Lipinski definition) is 5. The minimum absolute atomic E-state index is 0.134. The van der Waals surface area contributed by atoms with Crippen LogP contribution in [0.5, 0.6) is 0 Å². The lowest BCUT2D eigenvalue weighted by molar-refractivity contribution is -0.131. The topological polar surface area (TPSA) is 92.6 Å². The molecule has 1 aliphatic rings. The molecule has 0 spiro atoms. The van der Waals surface area contributed by atoms with Crippen molar-refractivity contribution < 1.29 is 4.79 Å². The van der Waals surface area contributed by atoms with Crippen LogP contribution in [-0.2, 0) is 24.2 Å². The lowest BCUT2D eigenvalue weighted by Crippen LogP contribution is -2.34. The Morgan fingerprint density at radius 3 is 2.80 bits per heavy atom. The first-order valence-corrected chi connectivity index (χ1v) is 8.41. The second kappa shape index (κ2) is 6.84. The van der Waals surface area contributed by atoms with E-state index in [1.165, 1.54) is 11.9 Å². The third kappa shape index (κ3) is 3.28. The molecule has 8 heteroatoms. The van der Waals surface area contributed by atoms with Crippen molar-refractivity contribution in [3.63, 3.8) is 0 Å². The Bertz CT molecular complexity index is 841. The van der Waals surface area contributed by atoms with Crippen molar-refractivity contribution in [1.29, 1.82) is 0 Å². The quantitative estimate of drug-likeness (QED) is 0.769. The van der Waals surface area contributed by atoms with Crippen LogP contribution in [0.25, 0.3) is 11.3 Å².